The average molecular weight is 311 g/mol. The highest BCUT2D eigenvalue weighted by Crippen LogP contribution is 2.34. The van der Waals surface area contributed by atoms with Crippen molar-refractivity contribution in [2.45, 2.75) is 13.0 Å². The maximum absolute atomic E-state index is 5.41. The van der Waals surface area contributed by atoms with Crippen LogP contribution in [0.5, 0.6) is 11.5 Å². The molecular formula is C16H17N5O2. The zero-order valence-electron chi connectivity index (χ0n) is 13.1. The Bertz CT molecular complexity index is 861. The number of nitrogens with zero attached hydrogens (tertiary/aromatic N) is 5. The Morgan fingerprint density at radius 3 is 2.61 bits per heavy atom. The molecular weight excluding hydrogens is 294 g/mol. The predicted octanol–water partition coefficient (Wildman–Crippen LogP) is 1.70. The van der Waals surface area contributed by atoms with Gasteiger partial charge in [-0.25, -0.2) is 0 Å². The van der Waals surface area contributed by atoms with E-state index in [1.54, 1.807) is 25.1 Å². The van der Waals surface area contributed by atoms with E-state index in [9.17, 15) is 0 Å². The Kier molecular flexibility index (Phi) is 3.25. The van der Waals surface area contributed by atoms with Gasteiger partial charge in [0.05, 0.1) is 14.2 Å². The molecule has 0 bridgehead atoms. The van der Waals surface area contributed by atoms with Crippen molar-refractivity contribution in [3.8, 4) is 11.5 Å². The van der Waals surface area contributed by atoms with E-state index >= 15 is 0 Å². The van der Waals surface area contributed by atoms with Gasteiger partial charge in [-0.05, 0) is 41.8 Å². The first-order valence-corrected chi connectivity index (χ1v) is 7.44. The Labute approximate surface area is 133 Å². The van der Waals surface area contributed by atoms with Crippen LogP contribution in [0.2, 0.25) is 0 Å². The summed E-state index contributed by atoms with van der Waals surface area (Å²) in [6, 6.07) is 8.04. The third-order valence-corrected chi connectivity index (χ3v) is 4.19. The van der Waals surface area contributed by atoms with Gasteiger partial charge in [-0.1, -0.05) is 0 Å². The quantitative estimate of drug-likeness (QED) is 0.733. The molecule has 3 heterocycles. The summed E-state index contributed by atoms with van der Waals surface area (Å²) in [5.74, 6) is 2.46. The van der Waals surface area contributed by atoms with Crippen molar-refractivity contribution in [2.24, 2.45) is 0 Å². The van der Waals surface area contributed by atoms with Crippen LogP contribution in [0.4, 0.5) is 5.82 Å². The van der Waals surface area contributed by atoms with E-state index in [0.717, 1.165) is 42.5 Å². The molecule has 0 fully saturated rings. The fourth-order valence-electron chi connectivity index (χ4n) is 2.97. The fourth-order valence-corrected chi connectivity index (χ4v) is 2.97. The van der Waals surface area contributed by atoms with Gasteiger partial charge in [0.15, 0.2) is 17.1 Å². The van der Waals surface area contributed by atoms with Gasteiger partial charge < -0.3 is 14.4 Å². The van der Waals surface area contributed by atoms with Gasteiger partial charge in [0.2, 0.25) is 0 Å². The minimum absolute atomic E-state index is 0.748. The summed E-state index contributed by atoms with van der Waals surface area (Å²) >= 11 is 0. The first-order valence-electron chi connectivity index (χ1n) is 7.44. The van der Waals surface area contributed by atoms with E-state index in [0.29, 0.717) is 0 Å². The molecule has 0 N–H and O–H groups in total. The summed E-state index contributed by atoms with van der Waals surface area (Å²) in [5.41, 5.74) is 3.28. The minimum atomic E-state index is 0.748. The topological polar surface area (TPSA) is 64.8 Å². The molecule has 0 saturated carbocycles. The molecule has 0 spiro atoms. The van der Waals surface area contributed by atoms with Crippen molar-refractivity contribution in [3.63, 3.8) is 0 Å². The lowest BCUT2D eigenvalue weighted by molar-refractivity contribution is 0.353. The van der Waals surface area contributed by atoms with Crippen molar-refractivity contribution < 1.29 is 9.47 Å². The molecule has 1 aliphatic heterocycles. The molecule has 0 saturated heterocycles. The molecule has 2 aromatic heterocycles. The van der Waals surface area contributed by atoms with Crippen LogP contribution in [0.25, 0.3) is 5.65 Å². The van der Waals surface area contributed by atoms with E-state index in [2.05, 4.69) is 32.3 Å². The van der Waals surface area contributed by atoms with Gasteiger partial charge in [0.1, 0.15) is 12.1 Å². The molecule has 118 valence electrons. The van der Waals surface area contributed by atoms with Crippen molar-refractivity contribution in [1.29, 1.82) is 0 Å². The number of benzene rings is 1. The normalized spacial score (nSPS) is 13.9. The third kappa shape index (κ3) is 2.34. The van der Waals surface area contributed by atoms with Gasteiger partial charge in [-0.3, -0.25) is 0 Å². The zero-order chi connectivity index (χ0) is 15.8. The molecule has 1 aromatic carbocycles. The second kappa shape index (κ2) is 5.42. The highest BCUT2D eigenvalue weighted by atomic mass is 16.5. The van der Waals surface area contributed by atoms with Gasteiger partial charge >= 0.3 is 0 Å². The molecule has 0 radical (unpaired) electrons. The number of hydrogen-bond donors (Lipinski definition) is 0. The molecule has 4 rings (SSSR count). The van der Waals surface area contributed by atoms with Crippen molar-refractivity contribution in [2.75, 3.05) is 25.7 Å². The van der Waals surface area contributed by atoms with E-state index in [1.807, 2.05) is 12.1 Å². The summed E-state index contributed by atoms with van der Waals surface area (Å²) in [5, 5.41) is 12.4. The highest BCUT2D eigenvalue weighted by Gasteiger charge is 2.20. The molecule has 0 unspecified atom stereocenters. The first kappa shape index (κ1) is 13.8. The van der Waals surface area contributed by atoms with Crippen LogP contribution in [0.15, 0.2) is 30.6 Å². The smallest absolute Gasteiger partial charge is 0.177 e. The van der Waals surface area contributed by atoms with Crippen LogP contribution in [-0.4, -0.2) is 40.6 Å². The lowest BCUT2D eigenvalue weighted by Crippen LogP contribution is -2.31. The molecule has 7 heteroatoms. The summed E-state index contributed by atoms with van der Waals surface area (Å²) in [6.45, 7) is 1.69. The first-order chi connectivity index (χ1) is 11.3. The van der Waals surface area contributed by atoms with Gasteiger partial charge in [-0.2, -0.15) is 4.52 Å². The molecule has 0 amide bonds. The second-order valence-electron chi connectivity index (χ2n) is 5.47. The Balaban J connectivity index is 1.67. The summed E-state index contributed by atoms with van der Waals surface area (Å²) < 4.78 is 12.5. The molecule has 0 atom stereocenters. The summed E-state index contributed by atoms with van der Waals surface area (Å²) in [4.78, 5) is 2.24. The summed E-state index contributed by atoms with van der Waals surface area (Å²) in [6.07, 6.45) is 2.56. The Morgan fingerprint density at radius 1 is 1.04 bits per heavy atom. The second-order valence-corrected chi connectivity index (χ2v) is 5.47. The van der Waals surface area contributed by atoms with E-state index < -0.39 is 0 Å². The number of anilines is 1. The maximum Gasteiger partial charge on any atom is 0.177 e. The van der Waals surface area contributed by atoms with Crippen molar-refractivity contribution in [3.05, 3.63) is 41.7 Å². The van der Waals surface area contributed by atoms with Gasteiger partial charge in [0.25, 0.3) is 0 Å². The summed E-state index contributed by atoms with van der Waals surface area (Å²) in [7, 11) is 3.32. The van der Waals surface area contributed by atoms with Gasteiger partial charge in [-0.15, -0.1) is 15.3 Å². The number of aromatic nitrogens is 4. The van der Waals surface area contributed by atoms with Crippen LogP contribution in [0, 0.1) is 0 Å². The lowest BCUT2D eigenvalue weighted by atomic mass is 9.99. The minimum Gasteiger partial charge on any atom is -0.493 e. The molecule has 7 nitrogen and oxygen atoms in total. The molecule has 3 aromatic rings. The van der Waals surface area contributed by atoms with Crippen LogP contribution >= 0.6 is 0 Å². The number of hydrogen-bond acceptors (Lipinski definition) is 6. The standard InChI is InChI=1S/C16H17N5O2/c1-22-13-7-11-5-6-20(9-12(11)8-14(13)23-2)16-4-3-15-18-17-10-21(15)19-16/h3-4,7-8,10H,5-6,9H2,1-2H3. The number of fused-ring (bicyclic) bond motifs is 2. The number of rotatable bonds is 3. The molecule has 0 aliphatic carbocycles. The van der Waals surface area contributed by atoms with Crippen LogP contribution in [-0.2, 0) is 13.0 Å². The largest absolute Gasteiger partial charge is 0.493 e. The Hall–Kier alpha value is -2.83. The predicted molar refractivity (Wildman–Crippen MR) is 85.1 cm³/mol. The fraction of sp³-hybridized carbons (Fsp3) is 0.312. The Morgan fingerprint density at radius 2 is 1.83 bits per heavy atom. The molecule has 23 heavy (non-hydrogen) atoms. The SMILES string of the molecule is COc1cc2c(cc1OC)CN(c1ccc3nncn3n1)CC2. The van der Waals surface area contributed by atoms with E-state index in [1.165, 1.54) is 11.1 Å². The van der Waals surface area contributed by atoms with E-state index in [4.69, 9.17) is 9.47 Å². The van der Waals surface area contributed by atoms with Gasteiger partial charge in [0, 0.05) is 13.1 Å². The number of ether oxygens (including phenoxy) is 2. The van der Waals surface area contributed by atoms with Crippen molar-refractivity contribution >= 4 is 11.5 Å². The molecule has 1 aliphatic rings. The van der Waals surface area contributed by atoms with Crippen LogP contribution in [0.3, 0.4) is 0 Å². The van der Waals surface area contributed by atoms with Crippen LogP contribution < -0.4 is 14.4 Å². The zero-order valence-corrected chi connectivity index (χ0v) is 13.1. The van der Waals surface area contributed by atoms with Crippen molar-refractivity contribution in [1.82, 2.24) is 19.8 Å². The monoisotopic (exact) mass is 311 g/mol. The number of methoxy groups -OCH3 is 2. The highest BCUT2D eigenvalue weighted by molar-refractivity contribution is 5.52. The van der Waals surface area contributed by atoms with Crippen LogP contribution in [0.1, 0.15) is 11.1 Å². The maximum atomic E-state index is 5.41. The third-order valence-electron chi connectivity index (χ3n) is 4.19. The van der Waals surface area contributed by atoms with E-state index in [-0.39, 0.29) is 0 Å². The average Bonchev–Trinajstić information content (AvgIpc) is 3.07. The lowest BCUT2D eigenvalue weighted by Gasteiger charge is -2.30.